The molecule has 1 saturated heterocycles. The Labute approximate surface area is 173 Å². The van der Waals surface area contributed by atoms with E-state index in [4.69, 9.17) is 4.42 Å². The maximum atomic E-state index is 13.1. The van der Waals surface area contributed by atoms with Gasteiger partial charge in [-0.25, -0.2) is 0 Å². The Bertz CT molecular complexity index is 687. The minimum Gasteiger partial charge on any atom is -0.467 e. The van der Waals surface area contributed by atoms with Gasteiger partial charge in [-0.2, -0.15) is 0 Å². The number of hydrogen-bond donors (Lipinski definition) is 2. The fourth-order valence-electron chi connectivity index (χ4n) is 3.77. The van der Waals surface area contributed by atoms with E-state index in [9.17, 15) is 9.90 Å². The minimum absolute atomic E-state index is 0. The number of nitrogens with zero attached hydrogens (tertiary/aromatic N) is 1. The number of rotatable bonds is 8. The molecule has 3 atom stereocenters. The maximum absolute atomic E-state index is 13.1. The fraction of sp³-hybridized carbons (Fsp3) is 0.500. The molecule has 1 aromatic carbocycles. The first kappa shape index (κ1) is 22.5. The van der Waals surface area contributed by atoms with Crippen LogP contribution in [0, 0.1) is 11.8 Å². The summed E-state index contributed by atoms with van der Waals surface area (Å²) in [6, 6.07) is 13.4. The molecule has 154 valence electrons. The highest BCUT2D eigenvalue weighted by Crippen LogP contribution is 2.24. The molecule has 1 fully saturated rings. The van der Waals surface area contributed by atoms with Crippen molar-refractivity contribution in [3.05, 3.63) is 60.1 Å². The molecule has 3 unspecified atom stereocenters. The third kappa shape index (κ3) is 6.36. The summed E-state index contributed by atoms with van der Waals surface area (Å²) < 4.78 is 5.31. The number of carbonyl (C=O) groups excluding carboxylic acids is 1. The number of halogens is 1. The van der Waals surface area contributed by atoms with E-state index in [1.54, 1.807) is 23.3 Å². The second-order valence-electron chi connectivity index (χ2n) is 7.58. The van der Waals surface area contributed by atoms with Gasteiger partial charge in [-0.3, -0.25) is 4.79 Å². The smallest absolute Gasteiger partial charge is 0.223 e. The van der Waals surface area contributed by atoms with Crippen molar-refractivity contribution >= 4 is 18.3 Å². The molecule has 28 heavy (non-hydrogen) atoms. The van der Waals surface area contributed by atoms with Crippen molar-refractivity contribution in [3.8, 4) is 0 Å². The van der Waals surface area contributed by atoms with Gasteiger partial charge >= 0.3 is 0 Å². The van der Waals surface area contributed by atoms with Crippen LogP contribution in [-0.4, -0.2) is 35.5 Å². The number of piperidine rings is 1. The molecule has 5 nitrogen and oxygen atoms in total. The lowest BCUT2D eigenvalue weighted by Crippen LogP contribution is -2.38. The van der Waals surface area contributed by atoms with E-state index in [1.807, 2.05) is 30.3 Å². The molecule has 3 rings (SSSR count). The summed E-state index contributed by atoms with van der Waals surface area (Å²) in [4.78, 5) is 14.8. The number of hydrogen-bond acceptors (Lipinski definition) is 4. The van der Waals surface area contributed by atoms with Crippen LogP contribution >= 0.6 is 12.4 Å². The Kier molecular flexibility index (Phi) is 9.03. The predicted molar refractivity (Wildman–Crippen MR) is 112 cm³/mol. The van der Waals surface area contributed by atoms with E-state index in [-0.39, 0.29) is 24.9 Å². The zero-order chi connectivity index (χ0) is 19.1. The molecule has 1 aliphatic heterocycles. The normalized spacial score (nSPS) is 18.7. The summed E-state index contributed by atoms with van der Waals surface area (Å²) in [6.45, 7) is 4.96. The molecule has 0 radical (unpaired) electrons. The molecule has 2 N–H and O–H groups in total. The molecule has 0 bridgehead atoms. The molecule has 0 saturated carbocycles. The molecule has 1 aliphatic rings. The van der Waals surface area contributed by atoms with Crippen molar-refractivity contribution in [1.29, 1.82) is 0 Å². The van der Waals surface area contributed by atoms with E-state index in [0.29, 0.717) is 30.6 Å². The summed E-state index contributed by atoms with van der Waals surface area (Å²) >= 11 is 0. The summed E-state index contributed by atoms with van der Waals surface area (Å²) in [7, 11) is 0. The van der Waals surface area contributed by atoms with Crippen LogP contribution in [0.5, 0.6) is 0 Å². The number of amides is 1. The number of carbonyl (C=O) groups is 1. The van der Waals surface area contributed by atoms with Gasteiger partial charge in [0.2, 0.25) is 5.91 Å². The minimum atomic E-state index is -0.820. The van der Waals surface area contributed by atoms with Crippen molar-refractivity contribution in [1.82, 2.24) is 10.2 Å². The van der Waals surface area contributed by atoms with E-state index in [0.717, 1.165) is 18.7 Å². The highest BCUT2D eigenvalue weighted by atomic mass is 35.5. The first-order valence-electron chi connectivity index (χ1n) is 9.87. The molecule has 0 aliphatic carbocycles. The van der Waals surface area contributed by atoms with Crippen LogP contribution in [-0.2, 0) is 11.3 Å². The summed E-state index contributed by atoms with van der Waals surface area (Å²) in [6.07, 6.45) is 3.58. The zero-order valence-corrected chi connectivity index (χ0v) is 17.2. The van der Waals surface area contributed by atoms with Gasteiger partial charge in [0.25, 0.3) is 0 Å². The van der Waals surface area contributed by atoms with Gasteiger partial charge in [-0.05, 0) is 55.5 Å². The number of furan rings is 1. The summed E-state index contributed by atoms with van der Waals surface area (Å²) in [5, 5.41) is 13.9. The monoisotopic (exact) mass is 406 g/mol. The molecule has 2 heterocycles. The van der Waals surface area contributed by atoms with Crippen LogP contribution in [0.2, 0.25) is 0 Å². The topological polar surface area (TPSA) is 65.7 Å². The second-order valence-corrected chi connectivity index (χ2v) is 7.58. The van der Waals surface area contributed by atoms with Crippen LogP contribution in [0.3, 0.4) is 0 Å². The lowest BCUT2D eigenvalue weighted by Gasteiger charge is -2.31. The van der Waals surface area contributed by atoms with E-state index < -0.39 is 6.10 Å². The third-order valence-electron chi connectivity index (χ3n) is 5.47. The van der Waals surface area contributed by atoms with Crippen LogP contribution < -0.4 is 5.32 Å². The average Bonchev–Trinajstić information content (AvgIpc) is 3.24. The Balaban J connectivity index is 0.00000280. The van der Waals surface area contributed by atoms with E-state index in [1.165, 1.54) is 12.8 Å². The highest BCUT2D eigenvalue weighted by Gasteiger charge is 2.26. The van der Waals surface area contributed by atoms with Crippen molar-refractivity contribution in [2.24, 2.45) is 11.8 Å². The molecule has 1 aromatic heterocycles. The molecular formula is C22H31ClN2O3. The van der Waals surface area contributed by atoms with Gasteiger partial charge in [-0.1, -0.05) is 37.3 Å². The van der Waals surface area contributed by atoms with Gasteiger partial charge in [0.05, 0.1) is 12.8 Å². The highest BCUT2D eigenvalue weighted by molar-refractivity contribution is 5.85. The van der Waals surface area contributed by atoms with Crippen molar-refractivity contribution in [3.63, 3.8) is 0 Å². The Morgan fingerprint density at radius 1 is 1.29 bits per heavy atom. The van der Waals surface area contributed by atoms with Crippen LogP contribution in [0.25, 0.3) is 0 Å². The summed E-state index contributed by atoms with van der Waals surface area (Å²) in [5.41, 5.74) is 1.06. The molecule has 6 heteroatoms. The van der Waals surface area contributed by atoms with Gasteiger partial charge in [0.15, 0.2) is 0 Å². The van der Waals surface area contributed by atoms with E-state index >= 15 is 0 Å². The zero-order valence-electron chi connectivity index (χ0n) is 16.4. The van der Waals surface area contributed by atoms with Crippen molar-refractivity contribution < 1.29 is 14.3 Å². The first-order chi connectivity index (χ1) is 13.1. The Hall–Kier alpha value is -1.82. The Morgan fingerprint density at radius 3 is 2.71 bits per heavy atom. The molecular weight excluding hydrogens is 376 g/mol. The maximum Gasteiger partial charge on any atom is 0.223 e. The van der Waals surface area contributed by atoms with Gasteiger partial charge in [-0.15, -0.1) is 12.4 Å². The van der Waals surface area contributed by atoms with Crippen molar-refractivity contribution in [2.45, 2.75) is 38.8 Å². The average molecular weight is 407 g/mol. The van der Waals surface area contributed by atoms with Gasteiger partial charge in [0.1, 0.15) is 11.9 Å². The summed E-state index contributed by atoms with van der Waals surface area (Å²) in [5.74, 6) is 1.44. The van der Waals surface area contributed by atoms with Gasteiger partial charge in [0, 0.05) is 13.0 Å². The van der Waals surface area contributed by atoms with Crippen LogP contribution in [0.1, 0.15) is 43.6 Å². The number of nitrogens with one attached hydrogen (secondary N) is 1. The SMILES string of the molecule is CC(CC(=O)N(Cc1ccccc1)CC(O)c1ccco1)C1CCCNC1.Cl. The number of benzene rings is 1. The Morgan fingerprint density at radius 2 is 2.07 bits per heavy atom. The third-order valence-corrected chi connectivity index (χ3v) is 5.47. The predicted octanol–water partition coefficient (Wildman–Crippen LogP) is 3.79. The van der Waals surface area contributed by atoms with Crippen LogP contribution in [0.4, 0.5) is 0 Å². The quantitative estimate of drug-likeness (QED) is 0.700. The number of aliphatic hydroxyl groups is 1. The molecule has 1 amide bonds. The van der Waals surface area contributed by atoms with Crippen molar-refractivity contribution in [2.75, 3.05) is 19.6 Å². The van der Waals surface area contributed by atoms with Crippen LogP contribution in [0.15, 0.2) is 53.1 Å². The molecule has 0 spiro atoms. The largest absolute Gasteiger partial charge is 0.467 e. The number of aliphatic hydroxyl groups excluding tert-OH is 1. The lowest BCUT2D eigenvalue weighted by atomic mass is 9.85. The fourth-order valence-corrected chi connectivity index (χ4v) is 3.77. The first-order valence-corrected chi connectivity index (χ1v) is 9.87. The molecule has 2 aromatic rings. The standard InChI is InChI=1S/C22H30N2O3.ClH/c1-17(19-9-5-11-23-14-19)13-22(26)24(15-18-7-3-2-4-8-18)16-20(25)21-10-6-12-27-21;/h2-4,6-8,10,12,17,19-20,23,25H,5,9,11,13-16H2,1H3;1H. The lowest BCUT2D eigenvalue weighted by molar-refractivity contribution is -0.134. The van der Waals surface area contributed by atoms with Gasteiger partial charge < -0.3 is 19.7 Å². The second kappa shape index (κ2) is 11.2. The van der Waals surface area contributed by atoms with E-state index in [2.05, 4.69) is 12.2 Å².